The first kappa shape index (κ1) is 22.7. The molecule has 4 rings (SSSR count). The topological polar surface area (TPSA) is 90.4 Å². The number of nitrogens with zero attached hydrogens (tertiary/aromatic N) is 2. The van der Waals surface area contributed by atoms with Crippen molar-refractivity contribution in [2.45, 2.75) is 38.8 Å². The summed E-state index contributed by atoms with van der Waals surface area (Å²) in [5, 5.41) is 13.5. The zero-order chi connectivity index (χ0) is 23.4. The number of carbonyl (C=O) groups excluding carboxylic acids is 1. The van der Waals surface area contributed by atoms with Crippen molar-refractivity contribution in [3.63, 3.8) is 0 Å². The molecule has 0 bridgehead atoms. The Morgan fingerprint density at radius 3 is 2.88 bits per heavy atom. The Labute approximate surface area is 194 Å². The van der Waals surface area contributed by atoms with Crippen LogP contribution in [0, 0.1) is 18.3 Å². The van der Waals surface area contributed by atoms with E-state index in [1.54, 1.807) is 13.2 Å². The number of anilines is 1. The largest absolute Gasteiger partial charge is 0.496 e. The average Bonchev–Trinajstić information content (AvgIpc) is 3.35. The van der Waals surface area contributed by atoms with E-state index in [0.717, 1.165) is 60.4 Å². The van der Waals surface area contributed by atoms with Crippen LogP contribution in [0.25, 0.3) is 10.9 Å². The summed E-state index contributed by atoms with van der Waals surface area (Å²) in [5.41, 5.74) is 5.83. The molecule has 2 aromatic carbocycles. The fraction of sp³-hybridized carbons (Fsp3) is 0.385. The highest BCUT2D eigenvalue weighted by Crippen LogP contribution is 2.39. The molecule has 0 saturated carbocycles. The number of aromatic amines is 1. The molecule has 0 radical (unpaired) electrons. The number of nitrogens with one attached hydrogen (secondary N) is 2. The molecule has 1 fully saturated rings. The summed E-state index contributed by atoms with van der Waals surface area (Å²) in [6.07, 6.45) is 5.23. The molecule has 1 atom stereocenters. The summed E-state index contributed by atoms with van der Waals surface area (Å²) in [4.78, 5) is 17.9. The monoisotopic (exact) mass is 446 g/mol. The van der Waals surface area contributed by atoms with Crippen LogP contribution < -0.4 is 10.1 Å². The van der Waals surface area contributed by atoms with Gasteiger partial charge in [0.15, 0.2) is 0 Å². The van der Waals surface area contributed by atoms with Crippen LogP contribution in [0.1, 0.15) is 52.4 Å². The van der Waals surface area contributed by atoms with Crippen LogP contribution in [0.15, 0.2) is 36.5 Å². The van der Waals surface area contributed by atoms with Gasteiger partial charge in [-0.05, 0) is 61.7 Å². The van der Waals surface area contributed by atoms with Crippen molar-refractivity contribution < 1.29 is 14.3 Å². The number of aromatic nitrogens is 1. The van der Waals surface area contributed by atoms with Gasteiger partial charge in [0.2, 0.25) is 0 Å². The van der Waals surface area contributed by atoms with Crippen molar-refractivity contribution in [1.82, 2.24) is 9.88 Å². The number of hydrogen-bond acceptors (Lipinski definition) is 6. The molecule has 1 saturated heterocycles. The number of aryl methyl sites for hydroxylation is 1. The van der Waals surface area contributed by atoms with Crippen molar-refractivity contribution >= 4 is 22.6 Å². The van der Waals surface area contributed by atoms with E-state index in [4.69, 9.17) is 14.7 Å². The third-order valence-electron chi connectivity index (χ3n) is 6.50. The van der Waals surface area contributed by atoms with Crippen LogP contribution in [-0.2, 0) is 11.3 Å². The van der Waals surface area contributed by atoms with Gasteiger partial charge >= 0.3 is 5.97 Å². The minimum absolute atomic E-state index is 0.159. The van der Waals surface area contributed by atoms with E-state index in [1.807, 2.05) is 18.3 Å². The summed E-state index contributed by atoms with van der Waals surface area (Å²) in [6.45, 7) is 3.97. The number of benzene rings is 2. The molecule has 0 unspecified atom stereocenters. The predicted octanol–water partition coefficient (Wildman–Crippen LogP) is 4.93. The van der Waals surface area contributed by atoms with Crippen molar-refractivity contribution in [3.8, 4) is 11.8 Å². The molecule has 0 aliphatic carbocycles. The smallest absolute Gasteiger partial charge is 0.337 e. The average molecular weight is 447 g/mol. The van der Waals surface area contributed by atoms with Crippen LogP contribution >= 0.6 is 0 Å². The van der Waals surface area contributed by atoms with Crippen molar-refractivity contribution in [2.75, 3.05) is 32.6 Å². The van der Waals surface area contributed by atoms with Crippen molar-refractivity contribution in [3.05, 3.63) is 58.8 Å². The zero-order valence-electron chi connectivity index (χ0n) is 19.4. The molecule has 7 heteroatoms. The highest BCUT2D eigenvalue weighted by atomic mass is 16.5. The molecule has 2 heterocycles. The number of rotatable bonds is 7. The summed E-state index contributed by atoms with van der Waals surface area (Å²) in [7, 11) is 3.10. The fourth-order valence-electron chi connectivity index (χ4n) is 4.90. The molecular weight excluding hydrogens is 416 g/mol. The van der Waals surface area contributed by atoms with Crippen LogP contribution in [0.4, 0.5) is 5.69 Å². The summed E-state index contributed by atoms with van der Waals surface area (Å²) in [5.74, 6) is 0.508. The number of esters is 1. The van der Waals surface area contributed by atoms with Crippen molar-refractivity contribution in [1.29, 1.82) is 5.26 Å². The highest BCUT2D eigenvalue weighted by Gasteiger charge is 2.28. The maximum Gasteiger partial charge on any atom is 0.337 e. The third-order valence-corrected chi connectivity index (χ3v) is 6.50. The Kier molecular flexibility index (Phi) is 6.85. The molecule has 0 spiro atoms. The zero-order valence-corrected chi connectivity index (χ0v) is 19.4. The Balaban J connectivity index is 1.72. The van der Waals surface area contributed by atoms with E-state index in [1.165, 1.54) is 18.1 Å². The van der Waals surface area contributed by atoms with E-state index in [0.29, 0.717) is 5.56 Å². The van der Waals surface area contributed by atoms with E-state index >= 15 is 0 Å². The number of methoxy groups -OCH3 is 2. The molecule has 172 valence electrons. The van der Waals surface area contributed by atoms with Crippen LogP contribution in [0.3, 0.4) is 0 Å². The van der Waals surface area contributed by atoms with Crippen LogP contribution in [-0.4, -0.2) is 43.2 Å². The lowest BCUT2D eigenvalue weighted by molar-refractivity contribution is 0.0600. The summed E-state index contributed by atoms with van der Waals surface area (Å²) in [6, 6.07) is 12.1. The van der Waals surface area contributed by atoms with Crippen LogP contribution in [0.5, 0.6) is 5.75 Å². The van der Waals surface area contributed by atoms with E-state index in [-0.39, 0.29) is 18.6 Å². The molecule has 3 aromatic rings. The number of carbonyl (C=O) groups is 1. The van der Waals surface area contributed by atoms with Gasteiger partial charge in [0, 0.05) is 40.9 Å². The molecule has 7 nitrogen and oxygen atoms in total. The van der Waals surface area contributed by atoms with Gasteiger partial charge < -0.3 is 19.8 Å². The van der Waals surface area contributed by atoms with Gasteiger partial charge in [-0.1, -0.05) is 12.5 Å². The van der Waals surface area contributed by atoms with Gasteiger partial charge in [-0.15, -0.1) is 0 Å². The van der Waals surface area contributed by atoms with E-state index < -0.39 is 0 Å². The summed E-state index contributed by atoms with van der Waals surface area (Å²) >= 11 is 0. The summed E-state index contributed by atoms with van der Waals surface area (Å²) < 4.78 is 10.7. The normalized spacial score (nSPS) is 16.4. The number of piperidine rings is 1. The second-order valence-electron chi connectivity index (χ2n) is 8.43. The fourth-order valence-corrected chi connectivity index (χ4v) is 4.90. The lowest BCUT2D eigenvalue weighted by Crippen LogP contribution is -2.33. The van der Waals surface area contributed by atoms with Crippen molar-refractivity contribution in [2.24, 2.45) is 0 Å². The maximum absolute atomic E-state index is 12.1. The molecule has 0 amide bonds. The first-order valence-corrected chi connectivity index (χ1v) is 11.3. The Bertz CT molecular complexity index is 1190. The third kappa shape index (κ3) is 4.53. The van der Waals surface area contributed by atoms with E-state index in [9.17, 15) is 4.79 Å². The van der Waals surface area contributed by atoms with Gasteiger partial charge in [-0.3, -0.25) is 4.90 Å². The molecule has 1 aliphatic rings. The number of likely N-dealkylation sites (tertiary alicyclic amines) is 1. The number of ether oxygens (including phenoxy) is 2. The predicted molar refractivity (Wildman–Crippen MR) is 128 cm³/mol. The Hall–Kier alpha value is -3.50. The molecular formula is C26H30N4O3. The quantitative estimate of drug-likeness (QED) is 0.395. The highest BCUT2D eigenvalue weighted by molar-refractivity contribution is 5.91. The Morgan fingerprint density at radius 1 is 1.27 bits per heavy atom. The van der Waals surface area contributed by atoms with Gasteiger partial charge in [0.25, 0.3) is 0 Å². The second kappa shape index (κ2) is 9.97. The van der Waals surface area contributed by atoms with Gasteiger partial charge in [-0.25, -0.2) is 4.79 Å². The lowest BCUT2D eigenvalue weighted by atomic mass is 9.92. The molecule has 33 heavy (non-hydrogen) atoms. The lowest BCUT2D eigenvalue weighted by Gasteiger charge is -2.37. The molecule has 1 aliphatic heterocycles. The van der Waals surface area contributed by atoms with Gasteiger partial charge in [0.1, 0.15) is 12.3 Å². The number of H-pyrrole nitrogens is 1. The number of hydrogen-bond donors (Lipinski definition) is 2. The standard InChI is InChI=1S/C26H30N4O3/c1-17-14-24(32-2)21(19-9-11-29-25(17)19)16-30-13-5-4-6-23(30)20-8-7-18(26(31)33-3)15-22(20)28-12-10-27/h7-9,11,14-15,23,28-29H,4-6,12-13,16H2,1-3H3/t23-/m0/s1. The first-order chi connectivity index (χ1) is 16.1. The van der Waals surface area contributed by atoms with E-state index in [2.05, 4.69) is 40.3 Å². The minimum atomic E-state index is -0.388. The molecule has 1 aromatic heterocycles. The molecule has 2 N–H and O–H groups in total. The second-order valence-corrected chi connectivity index (χ2v) is 8.43. The number of fused-ring (bicyclic) bond motifs is 1. The minimum Gasteiger partial charge on any atom is -0.496 e. The maximum atomic E-state index is 12.1. The number of nitriles is 1. The van der Waals surface area contributed by atoms with Gasteiger partial charge in [-0.2, -0.15) is 5.26 Å². The SMILES string of the molecule is COC(=O)c1ccc([C@@H]2CCCCN2Cc2c(OC)cc(C)c3[nH]ccc23)c(NCC#N)c1. The Morgan fingerprint density at radius 2 is 2.12 bits per heavy atom. The van der Waals surface area contributed by atoms with Gasteiger partial charge in [0.05, 0.1) is 25.9 Å². The van der Waals surface area contributed by atoms with Crippen LogP contribution in [0.2, 0.25) is 0 Å². The first-order valence-electron chi connectivity index (χ1n) is 11.3.